The van der Waals surface area contributed by atoms with Crippen LogP contribution in [0, 0.1) is 5.92 Å². The number of aromatic nitrogens is 3. The molecule has 0 fully saturated rings. The largest absolute Gasteiger partial charge is 0.355 e. The van der Waals surface area contributed by atoms with Crippen molar-refractivity contribution in [1.29, 1.82) is 0 Å². The monoisotopic (exact) mass is 323 g/mol. The fourth-order valence-corrected chi connectivity index (χ4v) is 2.49. The lowest BCUT2D eigenvalue weighted by molar-refractivity contribution is 0.254. The molecule has 0 aliphatic heterocycles. The maximum Gasteiger partial charge on any atom is 0.191 e. The Morgan fingerprint density at radius 2 is 2.09 bits per heavy atom. The van der Waals surface area contributed by atoms with Crippen LogP contribution in [0.15, 0.2) is 11.3 Å². The SMILES string of the molecule is CCc1nncn1CCNC(=NC)NCC(CC(C)C)N(C)C. The number of nitrogens with zero attached hydrogens (tertiary/aromatic N) is 5. The van der Waals surface area contributed by atoms with Crippen molar-refractivity contribution < 1.29 is 0 Å². The summed E-state index contributed by atoms with van der Waals surface area (Å²) in [5.74, 6) is 2.53. The predicted molar refractivity (Wildman–Crippen MR) is 95.7 cm³/mol. The molecule has 1 aromatic rings. The van der Waals surface area contributed by atoms with E-state index in [1.807, 2.05) is 0 Å². The van der Waals surface area contributed by atoms with Crippen molar-refractivity contribution in [2.24, 2.45) is 10.9 Å². The van der Waals surface area contributed by atoms with Crippen LogP contribution in [0.25, 0.3) is 0 Å². The van der Waals surface area contributed by atoms with Gasteiger partial charge in [0.25, 0.3) is 0 Å². The molecule has 0 aliphatic carbocycles. The van der Waals surface area contributed by atoms with Crippen molar-refractivity contribution >= 4 is 5.96 Å². The van der Waals surface area contributed by atoms with Gasteiger partial charge in [-0.3, -0.25) is 4.99 Å². The predicted octanol–water partition coefficient (Wildman–Crippen LogP) is 0.982. The van der Waals surface area contributed by atoms with Crippen molar-refractivity contribution in [3.05, 3.63) is 12.2 Å². The molecule has 0 bridgehead atoms. The van der Waals surface area contributed by atoms with Crippen molar-refractivity contribution in [1.82, 2.24) is 30.3 Å². The molecule has 0 aliphatic rings. The maximum absolute atomic E-state index is 4.30. The van der Waals surface area contributed by atoms with E-state index >= 15 is 0 Å². The first-order valence-electron chi connectivity index (χ1n) is 8.45. The Morgan fingerprint density at radius 1 is 1.35 bits per heavy atom. The summed E-state index contributed by atoms with van der Waals surface area (Å²) < 4.78 is 2.07. The van der Waals surface area contributed by atoms with Crippen LogP contribution in [0.5, 0.6) is 0 Å². The average molecular weight is 323 g/mol. The lowest BCUT2D eigenvalue weighted by atomic mass is 10.0. The normalized spacial score (nSPS) is 13.7. The molecule has 7 nitrogen and oxygen atoms in total. The minimum atomic E-state index is 0.498. The summed E-state index contributed by atoms with van der Waals surface area (Å²) in [6.07, 6.45) is 3.84. The Balaban J connectivity index is 2.39. The second-order valence-electron chi connectivity index (χ2n) is 6.42. The second kappa shape index (κ2) is 10.2. The van der Waals surface area contributed by atoms with Gasteiger partial charge in [0.1, 0.15) is 12.2 Å². The summed E-state index contributed by atoms with van der Waals surface area (Å²) in [5, 5.41) is 14.8. The summed E-state index contributed by atoms with van der Waals surface area (Å²) in [6.45, 7) is 9.12. The van der Waals surface area contributed by atoms with E-state index in [9.17, 15) is 0 Å². The number of aryl methyl sites for hydroxylation is 1. The summed E-state index contributed by atoms with van der Waals surface area (Å²) in [6, 6.07) is 0.498. The van der Waals surface area contributed by atoms with Crippen molar-refractivity contribution in [2.45, 2.75) is 46.2 Å². The Morgan fingerprint density at radius 3 is 2.65 bits per heavy atom. The number of likely N-dealkylation sites (N-methyl/N-ethyl adjacent to an activating group) is 1. The van der Waals surface area contributed by atoms with Crippen LogP contribution in [-0.4, -0.2) is 65.9 Å². The van der Waals surface area contributed by atoms with Gasteiger partial charge in [0, 0.05) is 39.1 Å². The molecule has 1 unspecified atom stereocenters. The van der Waals surface area contributed by atoms with Gasteiger partial charge in [0.15, 0.2) is 5.96 Å². The minimum Gasteiger partial charge on any atom is -0.355 e. The quantitative estimate of drug-likeness (QED) is 0.524. The zero-order valence-electron chi connectivity index (χ0n) is 15.5. The molecule has 2 N–H and O–H groups in total. The fraction of sp³-hybridized carbons (Fsp3) is 0.812. The summed E-state index contributed by atoms with van der Waals surface area (Å²) in [4.78, 5) is 6.56. The van der Waals surface area contributed by atoms with Crippen LogP contribution in [0.3, 0.4) is 0 Å². The first-order chi connectivity index (χ1) is 11.0. The molecule has 1 heterocycles. The number of hydrogen-bond acceptors (Lipinski definition) is 4. The number of aliphatic imine (C=N–C) groups is 1. The van der Waals surface area contributed by atoms with Gasteiger partial charge in [-0.15, -0.1) is 10.2 Å². The van der Waals surface area contributed by atoms with Gasteiger partial charge in [-0.1, -0.05) is 20.8 Å². The highest BCUT2D eigenvalue weighted by Crippen LogP contribution is 2.07. The fourth-order valence-electron chi connectivity index (χ4n) is 2.49. The van der Waals surface area contributed by atoms with Crippen LogP contribution >= 0.6 is 0 Å². The van der Waals surface area contributed by atoms with Gasteiger partial charge in [0.05, 0.1) is 0 Å². The van der Waals surface area contributed by atoms with E-state index in [1.54, 1.807) is 13.4 Å². The first-order valence-corrected chi connectivity index (χ1v) is 8.45. The van der Waals surface area contributed by atoms with E-state index in [-0.39, 0.29) is 0 Å². The highest BCUT2D eigenvalue weighted by atomic mass is 15.3. The van der Waals surface area contributed by atoms with Crippen LogP contribution in [0.1, 0.15) is 33.0 Å². The number of rotatable bonds is 9. The van der Waals surface area contributed by atoms with E-state index in [0.29, 0.717) is 12.0 Å². The van der Waals surface area contributed by atoms with Crippen molar-refractivity contribution in [3.63, 3.8) is 0 Å². The molecule has 0 aromatic carbocycles. The zero-order valence-corrected chi connectivity index (χ0v) is 15.5. The van der Waals surface area contributed by atoms with Gasteiger partial charge in [0.2, 0.25) is 0 Å². The average Bonchev–Trinajstić information content (AvgIpc) is 2.96. The van der Waals surface area contributed by atoms with Gasteiger partial charge in [-0.2, -0.15) is 0 Å². The number of nitrogens with one attached hydrogen (secondary N) is 2. The van der Waals surface area contributed by atoms with Gasteiger partial charge >= 0.3 is 0 Å². The topological polar surface area (TPSA) is 70.4 Å². The highest BCUT2D eigenvalue weighted by molar-refractivity contribution is 5.79. The molecule has 1 aromatic heterocycles. The van der Waals surface area contributed by atoms with Gasteiger partial charge in [-0.25, -0.2) is 0 Å². The second-order valence-corrected chi connectivity index (χ2v) is 6.42. The molecule has 1 atom stereocenters. The zero-order chi connectivity index (χ0) is 17.2. The molecule has 0 radical (unpaired) electrons. The molecular weight excluding hydrogens is 290 g/mol. The van der Waals surface area contributed by atoms with E-state index < -0.39 is 0 Å². The molecule has 1 rings (SSSR count). The molecule has 0 saturated carbocycles. The van der Waals surface area contributed by atoms with Crippen LogP contribution in [0.2, 0.25) is 0 Å². The number of hydrogen-bond donors (Lipinski definition) is 2. The molecule has 0 saturated heterocycles. The van der Waals surface area contributed by atoms with E-state index in [4.69, 9.17) is 0 Å². The summed E-state index contributed by atoms with van der Waals surface area (Å²) in [5.41, 5.74) is 0. The lowest BCUT2D eigenvalue weighted by Gasteiger charge is -2.27. The lowest BCUT2D eigenvalue weighted by Crippen LogP contribution is -2.46. The third-order valence-corrected chi connectivity index (χ3v) is 3.86. The van der Waals surface area contributed by atoms with Crippen LogP contribution < -0.4 is 10.6 Å². The van der Waals surface area contributed by atoms with E-state index in [1.165, 1.54) is 0 Å². The minimum absolute atomic E-state index is 0.498. The molecule has 23 heavy (non-hydrogen) atoms. The Kier molecular flexibility index (Phi) is 8.61. The molecule has 0 amide bonds. The molecular formula is C16H33N7. The molecule has 7 heteroatoms. The Bertz CT molecular complexity index is 465. The Labute approximate surface area is 140 Å². The number of guanidine groups is 1. The third kappa shape index (κ3) is 6.99. The van der Waals surface area contributed by atoms with E-state index in [0.717, 1.165) is 44.3 Å². The molecule has 132 valence electrons. The standard InChI is InChI=1S/C16H33N7/c1-7-15-21-20-12-23(15)9-8-18-16(17-4)19-11-14(22(5)6)10-13(2)3/h12-14H,7-11H2,1-6H3,(H2,17,18,19). The summed E-state index contributed by atoms with van der Waals surface area (Å²) >= 11 is 0. The van der Waals surface area contributed by atoms with Gasteiger partial charge < -0.3 is 20.1 Å². The molecule has 0 spiro atoms. The third-order valence-electron chi connectivity index (χ3n) is 3.86. The van der Waals surface area contributed by atoms with E-state index in [2.05, 4.69) is 70.2 Å². The summed E-state index contributed by atoms with van der Waals surface area (Å²) in [7, 11) is 6.06. The van der Waals surface area contributed by atoms with Crippen LogP contribution in [-0.2, 0) is 13.0 Å². The maximum atomic E-state index is 4.30. The Hall–Kier alpha value is -1.63. The van der Waals surface area contributed by atoms with Gasteiger partial charge in [-0.05, 0) is 26.4 Å². The van der Waals surface area contributed by atoms with Crippen molar-refractivity contribution in [2.75, 3.05) is 34.2 Å². The first kappa shape index (κ1) is 19.4. The highest BCUT2D eigenvalue weighted by Gasteiger charge is 2.13. The van der Waals surface area contributed by atoms with Crippen molar-refractivity contribution in [3.8, 4) is 0 Å². The smallest absolute Gasteiger partial charge is 0.191 e. The van der Waals surface area contributed by atoms with Crippen LogP contribution in [0.4, 0.5) is 0 Å².